The van der Waals surface area contributed by atoms with Crippen molar-refractivity contribution in [3.05, 3.63) is 66.0 Å². The Kier molecular flexibility index (Phi) is 5.95. The summed E-state index contributed by atoms with van der Waals surface area (Å²) in [5, 5.41) is 3.01. The van der Waals surface area contributed by atoms with E-state index in [-0.39, 0.29) is 11.8 Å². The fourth-order valence-electron chi connectivity index (χ4n) is 2.28. The van der Waals surface area contributed by atoms with Crippen LogP contribution in [0, 0.1) is 5.92 Å². The van der Waals surface area contributed by atoms with Gasteiger partial charge in [-0.2, -0.15) is 0 Å². The summed E-state index contributed by atoms with van der Waals surface area (Å²) in [6, 6.07) is 14.1. The quantitative estimate of drug-likeness (QED) is 0.793. The molecule has 0 spiro atoms. The van der Waals surface area contributed by atoms with Crippen LogP contribution in [0.3, 0.4) is 0 Å². The molecule has 0 aliphatic carbocycles. The monoisotopic (exact) mass is 282 g/mol. The Bertz CT molecular complexity index is 540. The van der Waals surface area contributed by atoms with E-state index in [4.69, 9.17) is 0 Å². The molecule has 3 heteroatoms. The Morgan fingerprint density at radius 2 is 1.90 bits per heavy atom. The molecule has 1 N–H and O–H groups in total. The van der Waals surface area contributed by atoms with Crippen molar-refractivity contribution in [2.75, 3.05) is 6.54 Å². The topological polar surface area (TPSA) is 42.0 Å². The minimum absolute atomic E-state index is 0.00536. The Morgan fingerprint density at radius 1 is 1.14 bits per heavy atom. The van der Waals surface area contributed by atoms with Crippen molar-refractivity contribution in [1.29, 1.82) is 0 Å². The lowest BCUT2D eigenvalue weighted by molar-refractivity contribution is -0.124. The molecule has 0 fully saturated rings. The van der Waals surface area contributed by atoms with Crippen LogP contribution in [0.25, 0.3) is 0 Å². The van der Waals surface area contributed by atoms with Gasteiger partial charge in [-0.1, -0.05) is 43.3 Å². The number of rotatable bonds is 7. The predicted molar refractivity (Wildman–Crippen MR) is 84.9 cm³/mol. The van der Waals surface area contributed by atoms with E-state index in [2.05, 4.69) is 28.5 Å². The predicted octanol–water partition coefficient (Wildman–Crippen LogP) is 3.01. The Hall–Kier alpha value is -2.16. The van der Waals surface area contributed by atoms with E-state index in [9.17, 15) is 4.79 Å². The zero-order valence-electron chi connectivity index (χ0n) is 12.5. The molecule has 110 valence electrons. The van der Waals surface area contributed by atoms with Crippen molar-refractivity contribution < 1.29 is 4.79 Å². The SMILES string of the molecule is CC(Cc1ccccc1)C(=O)NCCCc1cccnc1. The molecule has 2 aromatic rings. The summed E-state index contributed by atoms with van der Waals surface area (Å²) in [6.45, 7) is 2.69. The van der Waals surface area contributed by atoms with E-state index in [0.717, 1.165) is 19.3 Å². The molecule has 1 amide bonds. The highest BCUT2D eigenvalue weighted by Crippen LogP contribution is 2.08. The lowest BCUT2D eigenvalue weighted by Gasteiger charge is -2.12. The number of amides is 1. The largest absolute Gasteiger partial charge is 0.356 e. The second kappa shape index (κ2) is 8.20. The molecule has 2 rings (SSSR count). The maximum Gasteiger partial charge on any atom is 0.223 e. The van der Waals surface area contributed by atoms with Crippen LogP contribution in [0.2, 0.25) is 0 Å². The first-order valence-electron chi connectivity index (χ1n) is 7.46. The summed E-state index contributed by atoms with van der Waals surface area (Å²) in [7, 11) is 0. The van der Waals surface area contributed by atoms with Gasteiger partial charge in [0.25, 0.3) is 0 Å². The fourth-order valence-corrected chi connectivity index (χ4v) is 2.28. The van der Waals surface area contributed by atoms with Gasteiger partial charge in [0.15, 0.2) is 0 Å². The molecule has 0 radical (unpaired) electrons. The summed E-state index contributed by atoms with van der Waals surface area (Å²) in [5.74, 6) is 0.135. The average molecular weight is 282 g/mol. The van der Waals surface area contributed by atoms with Gasteiger partial charge in [0, 0.05) is 24.9 Å². The lowest BCUT2D eigenvalue weighted by atomic mass is 10.0. The number of carbonyl (C=O) groups is 1. The molecule has 0 saturated heterocycles. The van der Waals surface area contributed by atoms with Gasteiger partial charge in [-0.25, -0.2) is 0 Å². The number of nitrogens with one attached hydrogen (secondary N) is 1. The van der Waals surface area contributed by atoms with Crippen LogP contribution in [0.4, 0.5) is 0 Å². The smallest absolute Gasteiger partial charge is 0.223 e. The third-order valence-electron chi connectivity index (χ3n) is 3.50. The van der Waals surface area contributed by atoms with E-state index in [0.29, 0.717) is 6.54 Å². The molecular formula is C18H22N2O. The maximum atomic E-state index is 12.0. The highest BCUT2D eigenvalue weighted by atomic mass is 16.1. The third-order valence-corrected chi connectivity index (χ3v) is 3.50. The van der Waals surface area contributed by atoms with Crippen LogP contribution in [-0.2, 0) is 17.6 Å². The molecule has 0 bridgehead atoms. The van der Waals surface area contributed by atoms with Crippen LogP contribution >= 0.6 is 0 Å². The number of carbonyl (C=O) groups excluding carboxylic acids is 1. The normalized spacial score (nSPS) is 11.9. The molecule has 21 heavy (non-hydrogen) atoms. The van der Waals surface area contributed by atoms with E-state index in [1.54, 1.807) is 6.20 Å². The Balaban J connectivity index is 1.67. The van der Waals surface area contributed by atoms with Gasteiger partial charge in [0.05, 0.1) is 0 Å². The molecule has 1 aromatic heterocycles. The summed E-state index contributed by atoms with van der Waals surface area (Å²) in [4.78, 5) is 16.1. The van der Waals surface area contributed by atoms with Crippen LogP contribution in [0.1, 0.15) is 24.5 Å². The van der Waals surface area contributed by atoms with Gasteiger partial charge >= 0.3 is 0 Å². The van der Waals surface area contributed by atoms with Crippen LogP contribution in [0.15, 0.2) is 54.9 Å². The fraction of sp³-hybridized carbons (Fsp3) is 0.333. The van der Waals surface area contributed by atoms with Crippen LogP contribution < -0.4 is 5.32 Å². The van der Waals surface area contributed by atoms with Crippen LogP contribution in [0.5, 0.6) is 0 Å². The minimum atomic E-state index is 0.00536. The van der Waals surface area contributed by atoms with Crippen molar-refractivity contribution in [2.45, 2.75) is 26.2 Å². The van der Waals surface area contributed by atoms with E-state index >= 15 is 0 Å². The highest BCUT2D eigenvalue weighted by molar-refractivity contribution is 5.78. The number of pyridine rings is 1. The van der Waals surface area contributed by atoms with Crippen molar-refractivity contribution in [2.24, 2.45) is 5.92 Å². The highest BCUT2D eigenvalue weighted by Gasteiger charge is 2.12. The number of hydrogen-bond acceptors (Lipinski definition) is 2. The molecule has 0 aliphatic heterocycles. The minimum Gasteiger partial charge on any atom is -0.356 e. The lowest BCUT2D eigenvalue weighted by Crippen LogP contribution is -2.31. The molecule has 0 aliphatic rings. The molecule has 1 unspecified atom stereocenters. The van der Waals surface area contributed by atoms with Crippen LogP contribution in [-0.4, -0.2) is 17.4 Å². The average Bonchev–Trinajstić information content (AvgIpc) is 2.53. The summed E-state index contributed by atoms with van der Waals surface area (Å²) >= 11 is 0. The second-order valence-electron chi connectivity index (χ2n) is 5.35. The summed E-state index contributed by atoms with van der Waals surface area (Å²) < 4.78 is 0. The standard InChI is InChI=1S/C18H22N2O/c1-15(13-16-7-3-2-4-8-16)18(21)20-12-6-10-17-9-5-11-19-14-17/h2-5,7-9,11,14-15H,6,10,12-13H2,1H3,(H,20,21). The summed E-state index contributed by atoms with van der Waals surface area (Å²) in [5.41, 5.74) is 2.42. The molecule has 1 atom stereocenters. The van der Waals surface area contributed by atoms with Gasteiger partial charge < -0.3 is 5.32 Å². The zero-order chi connectivity index (χ0) is 14.9. The molecular weight excluding hydrogens is 260 g/mol. The van der Waals surface area contributed by atoms with Gasteiger partial charge in [0.1, 0.15) is 0 Å². The van der Waals surface area contributed by atoms with Crippen molar-refractivity contribution in [1.82, 2.24) is 10.3 Å². The first-order valence-corrected chi connectivity index (χ1v) is 7.46. The molecule has 1 heterocycles. The molecule has 0 saturated carbocycles. The summed E-state index contributed by atoms with van der Waals surface area (Å²) in [6.07, 6.45) is 6.32. The van der Waals surface area contributed by atoms with Crippen molar-refractivity contribution in [3.63, 3.8) is 0 Å². The van der Waals surface area contributed by atoms with Crippen molar-refractivity contribution in [3.8, 4) is 0 Å². The Morgan fingerprint density at radius 3 is 2.62 bits per heavy atom. The van der Waals surface area contributed by atoms with E-state index < -0.39 is 0 Å². The second-order valence-corrected chi connectivity index (χ2v) is 5.35. The van der Waals surface area contributed by atoms with Gasteiger partial charge in [0.2, 0.25) is 5.91 Å². The number of benzene rings is 1. The van der Waals surface area contributed by atoms with Gasteiger partial charge in [-0.05, 0) is 36.5 Å². The number of aromatic nitrogens is 1. The van der Waals surface area contributed by atoms with Crippen molar-refractivity contribution >= 4 is 5.91 Å². The Labute approximate surface area is 126 Å². The third kappa shape index (κ3) is 5.38. The van der Waals surface area contributed by atoms with Gasteiger partial charge in [-0.3, -0.25) is 9.78 Å². The first-order chi connectivity index (χ1) is 10.3. The van der Waals surface area contributed by atoms with E-state index in [1.807, 2.05) is 37.4 Å². The zero-order valence-corrected chi connectivity index (χ0v) is 12.5. The number of hydrogen-bond donors (Lipinski definition) is 1. The number of aryl methyl sites for hydroxylation is 1. The first kappa shape index (κ1) is 15.2. The number of nitrogens with zero attached hydrogens (tertiary/aromatic N) is 1. The van der Waals surface area contributed by atoms with Gasteiger partial charge in [-0.15, -0.1) is 0 Å². The molecule has 3 nitrogen and oxygen atoms in total. The molecule has 1 aromatic carbocycles. The van der Waals surface area contributed by atoms with E-state index in [1.165, 1.54) is 11.1 Å². The maximum absolute atomic E-state index is 12.0.